The van der Waals surface area contributed by atoms with E-state index in [1.807, 2.05) is 18.2 Å². The van der Waals surface area contributed by atoms with Crippen molar-refractivity contribution in [3.63, 3.8) is 0 Å². The smallest absolute Gasteiger partial charge is 0.248 e. The summed E-state index contributed by atoms with van der Waals surface area (Å²) < 4.78 is 5.31. The number of benzene rings is 1. The molecule has 3 nitrogen and oxygen atoms in total. The molecule has 0 radical (unpaired) electrons. The van der Waals surface area contributed by atoms with Crippen LogP contribution in [0.4, 0.5) is 0 Å². The van der Waals surface area contributed by atoms with Crippen LogP contribution in [0.15, 0.2) is 24.3 Å². The van der Waals surface area contributed by atoms with Crippen molar-refractivity contribution >= 4 is 5.91 Å². The molecule has 1 aliphatic rings. The molecule has 1 aliphatic heterocycles. The molecule has 1 heterocycles. The zero-order valence-electron chi connectivity index (χ0n) is 8.61. The Balaban J connectivity index is 2.15. The second-order valence-corrected chi connectivity index (χ2v) is 3.96. The van der Waals surface area contributed by atoms with Gasteiger partial charge in [-0.3, -0.25) is 4.79 Å². The third kappa shape index (κ3) is 2.36. The fraction of sp³-hybridized carbons (Fsp3) is 0.417. The average Bonchev–Trinajstić information content (AvgIpc) is 2.71. The predicted molar refractivity (Wildman–Crippen MR) is 57.6 cm³/mol. The molecule has 1 fully saturated rings. The van der Waals surface area contributed by atoms with Gasteiger partial charge in [-0.25, -0.2) is 0 Å². The number of hydrogen-bond donors (Lipinski definition) is 1. The van der Waals surface area contributed by atoms with Gasteiger partial charge in [-0.05, 0) is 30.4 Å². The quantitative estimate of drug-likeness (QED) is 0.810. The fourth-order valence-corrected chi connectivity index (χ4v) is 1.99. The number of carbonyl (C=O) groups excluding carboxylic acids is 1. The maximum absolute atomic E-state index is 11.2. The van der Waals surface area contributed by atoms with E-state index in [9.17, 15) is 4.79 Å². The summed E-state index contributed by atoms with van der Waals surface area (Å²) in [6, 6.07) is 7.54. The third-order valence-corrected chi connectivity index (χ3v) is 2.82. The number of ether oxygens (including phenoxy) is 1. The van der Waals surface area contributed by atoms with Gasteiger partial charge in [-0.1, -0.05) is 18.2 Å². The Morgan fingerprint density at radius 3 is 2.93 bits per heavy atom. The number of rotatable bonds is 3. The standard InChI is InChI=1S/C12H15NO2/c13-12(14)11-4-2-1-3-10(11)7-9-5-6-15-8-9/h1-4,9H,5-8H2,(H2,13,14)/t9-/m0/s1. The van der Waals surface area contributed by atoms with Gasteiger partial charge in [0.15, 0.2) is 0 Å². The third-order valence-electron chi connectivity index (χ3n) is 2.82. The van der Waals surface area contributed by atoms with Crippen LogP contribution in [0, 0.1) is 5.92 Å². The Bertz CT molecular complexity index is 356. The molecule has 1 aromatic carbocycles. The van der Waals surface area contributed by atoms with Crippen LogP contribution < -0.4 is 5.73 Å². The summed E-state index contributed by atoms with van der Waals surface area (Å²) in [4.78, 5) is 11.2. The second kappa shape index (κ2) is 4.45. The van der Waals surface area contributed by atoms with Gasteiger partial charge in [0.1, 0.15) is 0 Å². The highest BCUT2D eigenvalue weighted by Crippen LogP contribution is 2.20. The first-order chi connectivity index (χ1) is 7.27. The topological polar surface area (TPSA) is 52.3 Å². The highest BCUT2D eigenvalue weighted by Gasteiger charge is 2.18. The molecule has 0 aromatic heterocycles. The molecule has 1 aromatic rings. The van der Waals surface area contributed by atoms with E-state index in [-0.39, 0.29) is 5.91 Å². The van der Waals surface area contributed by atoms with Crippen molar-refractivity contribution in [2.45, 2.75) is 12.8 Å². The molecule has 0 spiro atoms. The molecular formula is C12H15NO2. The summed E-state index contributed by atoms with van der Waals surface area (Å²) in [5.41, 5.74) is 7.00. The van der Waals surface area contributed by atoms with Crippen molar-refractivity contribution in [2.75, 3.05) is 13.2 Å². The first-order valence-electron chi connectivity index (χ1n) is 5.23. The first kappa shape index (κ1) is 10.2. The number of primary amides is 1. The summed E-state index contributed by atoms with van der Waals surface area (Å²) in [5, 5.41) is 0. The monoisotopic (exact) mass is 205 g/mol. The van der Waals surface area contributed by atoms with Gasteiger partial charge in [0, 0.05) is 18.8 Å². The van der Waals surface area contributed by atoms with Crippen LogP contribution in [0.2, 0.25) is 0 Å². The van der Waals surface area contributed by atoms with E-state index in [2.05, 4.69) is 0 Å². The van der Waals surface area contributed by atoms with Crippen molar-refractivity contribution in [2.24, 2.45) is 11.7 Å². The van der Waals surface area contributed by atoms with Crippen molar-refractivity contribution in [3.05, 3.63) is 35.4 Å². The molecule has 15 heavy (non-hydrogen) atoms. The molecule has 3 heteroatoms. The van der Waals surface area contributed by atoms with Crippen molar-refractivity contribution in [1.82, 2.24) is 0 Å². The Labute approximate surface area is 89.2 Å². The van der Waals surface area contributed by atoms with Gasteiger partial charge in [0.2, 0.25) is 5.91 Å². The normalized spacial score (nSPS) is 20.4. The average molecular weight is 205 g/mol. The zero-order chi connectivity index (χ0) is 10.7. The molecule has 1 amide bonds. The van der Waals surface area contributed by atoms with Crippen molar-refractivity contribution in [3.8, 4) is 0 Å². The number of nitrogens with two attached hydrogens (primary N) is 1. The van der Waals surface area contributed by atoms with Crippen LogP contribution in [-0.2, 0) is 11.2 Å². The Kier molecular flexibility index (Phi) is 3.02. The van der Waals surface area contributed by atoms with Gasteiger partial charge in [0.05, 0.1) is 0 Å². The minimum Gasteiger partial charge on any atom is -0.381 e. The fourth-order valence-electron chi connectivity index (χ4n) is 1.99. The van der Waals surface area contributed by atoms with Crippen LogP contribution in [0.1, 0.15) is 22.3 Å². The lowest BCUT2D eigenvalue weighted by Gasteiger charge is -2.10. The van der Waals surface area contributed by atoms with Crippen LogP contribution in [0.5, 0.6) is 0 Å². The largest absolute Gasteiger partial charge is 0.381 e. The molecular weight excluding hydrogens is 190 g/mol. The summed E-state index contributed by atoms with van der Waals surface area (Å²) in [6.45, 7) is 1.64. The van der Waals surface area contributed by atoms with E-state index < -0.39 is 0 Å². The SMILES string of the molecule is NC(=O)c1ccccc1C[C@@H]1CCOC1. The van der Waals surface area contributed by atoms with Crippen molar-refractivity contribution in [1.29, 1.82) is 0 Å². The Morgan fingerprint density at radius 2 is 2.27 bits per heavy atom. The number of amides is 1. The van der Waals surface area contributed by atoms with Crippen molar-refractivity contribution < 1.29 is 9.53 Å². The highest BCUT2D eigenvalue weighted by atomic mass is 16.5. The van der Waals surface area contributed by atoms with E-state index in [4.69, 9.17) is 10.5 Å². The van der Waals surface area contributed by atoms with Gasteiger partial charge in [-0.2, -0.15) is 0 Å². The van der Waals surface area contributed by atoms with Gasteiger partial charge in [0.25, 0.3) is 0 Å². The minimum absolute atomic E-state index is 0.343. The van der Waals surface area contributed by atoms with Gasteiger partial charge < -0.3 is 10.5 Å². The van der Waals surface area contributed by atoms with Crippen LogP contribution in [0.25, 0.3) is 0 Å². The predicted octanol–water partition coefficient (Wildman–Crippen LogP) is 1.36. The summed E-state index contributed by atoms with van der Waals surface area (Å²) in [5.74, 6) is 0.190. The van der Waals surface area contributed by atoms with E-state index in [1.54, 1.807) is 6.07 Å². The molecule has 0 aliphatic carbocycles. The number of carbonyl (C=O) groups is 1. The first-order valence-corrected chi connectivity index (χ1v) is 5.23. The molecule has 1 saturated heterocycles. The molecule has 2 N–H and O–H groups in total. The zero-order valence-corrected chi connectivity index (χ0v) is 8.61. The van der Waals surface area contributed by atoms with Crippen LogP contribution >= 0.6 is 0 Å². The van der Waals surface area contributed by atoms with Crippen LogP contribution in [-0.4, -0.2) is 19.1 Å². The molecule has 0 unspecified atom stereocenters. The van der Waals surface area contributed by atoms with Crippen LogP contribution in [0.3, 0.4) is 0 Å². The molecule has 1 atom stereocenters. The summed E-state index contributed by atoms with van der Waals surface area (Å²) >= 11 is 0. The van der Waals surface area contributed by atoms with E-state index in [1.165, 1.54) is 0 Å². The van der Waals surface area contributed by atoms with Gasteiger partial charge >= 0.3 is 0 Å². The molecule has 0 saturated carbocycles. The molecule has 2 rings (SSSR count). The van der Waals surface area contributed by atoms with E-state index in [0.29, 0.717) is 11.5 Å². The lowest BCUT2D eigenvalue weighted by molar-refractivity contribution is 0.0999. The Hall–Kier alpha value is -1.35. The van der Waals surface area contributed by atoms with E-state index >= 15 is 0 Å². The lowest BCUT2D eigenvalue weighted by Crippen LogP contribution is -2.15. The maximum Gasteiger partial charge on any atom is 0.248 e. The minimum atomic E-state index is -0.343. The van der Waals surface area contributed by atoms with E-state index in [0.717, 1.165) is 31.6 Å². The summed E-state index contributed by atoms with van der Waals surface area (Å²) in [7, 11) is 0. The van der Waals surface area contributed by atoms with Gasteiger partial charge in [-0.15, -0.1) is 0 Å². The second-order valence-electron chi connectivity index (χ2n) is 3.96. The number of hydrogen-bond acceptors (Lipinski definition) is 2. The maximum atomic E-state index is 11.2. The summed E-state index contributed by atoms with van der Waals surface area (Å²) in [6.07, 6.45) is 1.96. The lowest BCUT2D eigenvalue weighted by atomic mass is 9.95. The Morgan fingerprint density at radius 1 is 1.47 bits per heavy atom. The molecule has 80 valence electrons. The highest BCUT2D eigenvalue weighted by molar-refractivity contribution is 5.94. The molecule has 0 bridgehead atoms.